The summed E-state index contributed by atoms with van der Waals surface area (Å²) in [6, 6.07) is 13.2. The van der Waals surface area contributed by atoms with Crippen molar-refractivity contribution in [1.29, 1.82) is 0 Å². The number of nitrogens with zero attached hydrogens (tertiary/aromatic N) is 2. The lowest BCUT2D eigenvalue weighted by Crippen LogP contribution is -2.36. The summed E-state index contributed by atoms with van der Waals surface area (Å²) in [5, 5.41) is 0. The fraction of sp³-hybridized carbons (Fsp3) is 0.333. The van der Waals surface area contributed by atoms with Crippen LogP contribution in [-0.2, 0) is 23.0 Å². The van der Waals surface area contributed by atoms with Crippen molar-refractivity contribution in [3.8, 4) is 5.75 Å². The average Bonchev–Trinajstić information content (AvgIpc) is 2.61. The van der Waals surface area contributed by atoms with Gasteiger partial charge in [-0.25, -0.2) is 8.42 Å². The Labute approximate surface area is 142 Å². The third-order valence-electron chi connectivity index (χ3n) is 4.76. The molecular weight excluding hydrogens is 324 g/mol. The Morgan fingerprint density at radius 1 is 1.04 bits per heavy atom. The van der Waals surface area contributed by atoms with E-state index in [2.05, 4.69) is 6.07 Å². The molecule has 0 aliphatic carbocycles. The van der Waals surface area contributed by atoms with Gasteiger partial charge in [-0.3, -0.25) is 0 Å². The van der Waals surface area contributed by atoms with Crippen LogP contribution in [0.5, 0.6) is 5.75 Å². The lowest BCUT2D eigenvalue weighted by Gasteiger charge is -2.30. The normalized spacial score (nSPS) is 17.8. The van der Waals surface area contributed by atoms with Gasteiger partial charge in [0.2, 0.25) is 10.0 Å². The van der Waals surface area contributed by atoms with Crippen molar-refractivity contribution in [1.82, 2.24) is 4.31 Å². The predicted octanol–water partition coefficient (Wildman–Crippen LogP) is 2.26. The maximum Gasteiger partial charge on any atom is 0.243 e. The lowest BCUT2D eigenvalue weighted by atomic mass is 10.0. The van der Waals surface area contributed by atoms with Crippen molar-refractivity contribution in [2.75, 3.05) is 31.6 Å². The highest BCUT2D eigenvalue weighted by molar-refractivity contribution is 7.89. The van der Waals surface area contributed by atoms with Gasteiger partial charge >= 0.3 is 0 Å². The molecule has 2 aliphatic rings. The fourth-order valence-corrected chi connectivity index (χ4v) is 4.75. The molecule has 2 heterocycles. The van der Waals surface area contributed by atoms with Gasteiger partial charge in [0.25, 0.3) is 0 Å². The summed E-state index contributed by atoms with van der Waals surface area (Å²) in [5.41, 5.74) is 3.16. The molecule has 2 aliphatic heterocycles. The van der Waals surface area contributed by atoms with Crippen molar-refractivity contribution >= 4 is 15.7 Å². The molecule has 0 amide bonds. The highest BCUT2D eigenvalue weighted by Crippen LogP contribution is 2.34. The first-order valence-corrected chi connectivity index (χ1v) is 9.54. The lowest BCUT2D eigenvalue weighted by molar-refractivity contribution is 0.311. The molecule has 0 aromatic heterocycles. The number of fused-ring (bicyclic) bond motifs is 2. The van der Waals surface area contributed by atoms with E-state index in [1.54, 1.807) is 22.5 Å². The van der Waals surface area contributed by atoms with Crippen LogP contribution in [0.3, 0.4) is 0 Å². The minimum atomic E-state index is -3.51. The molecule has 0 unspecified atom stereocenters. The van der Waals surface area contributed by atoms with E-state index in [1.165, 1.54) is 5.56 Å². The van der Waals surface area contributed by atoms with E-state index >= 15 is 0 Å². The molecule has 0 saturated carbocycles. The molecule has 0 spiro atoms. The molecule has 0 saturated heterocycles. The summed E-state index contributed by atoms with van der Waals surface area (Å²) >= 11 is 0. The molecule has 0 atom stereocenters. The minimum absolute atomic E-state index is 0.331. The molecule has 2 aromatic carbocycles. The number of likely N-dealkylation sites (N-methyl/N-ethyl adjacent to an activating group) is 1. The van der Waals surface area contributed by atoms with E-state index in [9.17, 15) is 8.42 Å². The Bertz CT molecular complexity index is 880. The zero-order chi connectivity index (χ0) is 16.7. The fourth-order valence-electron chi connectivity index (χ4n) is 3.32. The zero-order valence-electron chi connectivity index (χ0n) is 13.6. The van der Waals surface area contributed by atoms with Crippen molar-refractivity contribution in [2.24, 2.45) is 0 Å². The number of ether oxygens (including phenoxy) is 1. The monoisotopic (exact) mass is 344 g/mol. The highest BCUT2D eigenvalue weighted by Gasteiger charge is 2.29. The largest absolute Gasteiger partial charge is 0.490 e. The number of rotatable bonds is 2. The molecule has 24 heavy (non-hydrogen) atoms. The number of benzene rings is 2. The number of sulfonamides is 1. The standard InChI is InChI=1S/C18H20N2O3S/c1-19-10-11-23-18-7-6-16(12-17(18)19)24(21,22)20-9-8-14-4-2-3-5-15(14)13-20/h2-7,12H,8-11,13H2,1H3. The molecule has 6 heteroatoms. The second-order valence-corrected chi connectivity index (χ2v) is 8.19. The SMILES string of the molecule is CN1CCOc2ccc(S(=O)(=O)N3CCc4ccccc4C3)cc21. The smallest absolute Gasteiger partial charge is 0.243 e. The van der Waals surface area contributed by atoms with Gasteiger partial charge < -0.3 is 9.64 Å². The molecule has 4 rings (SSSR count). The van der Waals surface area contributed by atoms with E-state index in [0.29, 0.717) is 24.6 Å². The molecule has 0 fully saturated rings. The second-order valence-electron chi connectivity index (χ2n) is 6.26. The molecule has 0 bridgehead atoms. The van der Waals surface area contributed by atoms with Gasteiger partial charge in [-0.2, -0.15) is 4.31 Å². The molecule has 2 aromatic rings. The third-order valence-corrected chi connectivity index (χ3v) is 6.60. The first kappa shape index (κ1) is 15.5. The van der Waals surface area contributed by atoms with Gasteiger partial charge in [-0.1, -0.05) is 24.3 Å². The Hall–Kier alpha value is -2.05. The number of anilines is 1. The maximum absolute atomic E-state index is 13.1. The van der Waals surface area contributed by atoms with Crippen molar-refractivity contribution in [3.63, 3.8) is 0 Å². The van der Waals surface area contributed by atoms with Crippen molar-refractivity contribution in [3.05, 3.63) is 53.6 Å². The number of hydrogen-bond donors (Lipinski definition) is 0. The summed E-state index contributed by atoms with van der Waals surface area (Å²) in [6.07, 6.45) is 0.753. The summed E-state index contributed by atoms with van der Waals surface area (Å²) < 4.78 is 33.3. The maximum atomic E-state index is 13.1. The molecule has 0 N–H and O–H groups in total. The van der Waals surface area contributed by atoms with E-state index in [1.807, 2.05) is 30.1 Å². The Kier molecular flexibility index (Phi) is 3.73. The van der Waals surface area contributed by atoms with E-state index in [-0.39, 0.29) is 0 Å². The van der Waals surface area contributed by atoms with Crippen LogP contribution in [0.4, 0.5) is 5.69 Å². The Morgan fingerprint density at radius 2 is 1.83 bits per heavy atom. The van der Waals surface area contributed by atoms with E-state index in [4.69, 9.17) is 4.74 Å². The topological polar surface area (TPSA) is 49.9 Å². The van der Waals surface area contributed by atoms with E-state index in [0.717, 1.165) is 30.0 Å². The van der Waals surface area contributed by atoms with Gasteiger partial charge in [0.15, 0.2) is 0 Å². The van der Waals surface area contributed by atoms with Gasteiger partial charge in [-0.15, -0.1) is 0 Å². The first-order valence-electron chi connectivity index (χ1n) is 8.10. The molecule has 5 nitrogen and oxygen atoms in total. The van der Waals surface area contributed by atoms with Crippen LogP contribution in [0.15, 0.2) is 47.4 Å². The van der Waals surface area contributed by atoms with Crippen LogP contribution < -0.4 is 9.64 Å². The second kappa shape index (κ2) is 5.79. The van der Waals surface area contributed by atoms with E-state index < -0.39 is 10.0 Å². The molecule has 0 radical (unpaired) electrons. The molecule has 126 valence electrons. The van der Waals surface area contributed by atoms with Crippen LogP contribution >= 0.6 is 0 Å². The van der Waals surface area contributed by atoms with Gasteiger partial charge in [-0.05, 0) is 35.7 Å². The molecular formula is C18H20N2O3S. The predicted molar refractivity (Wildman–Crippen MR) is 92.9 cm³/mol. The van der Waals surface area contributed by atoms with Crippen LogP contribution in [-0.4, -0.2) is 39.5 Å². The van der Waals surface area contributed by atoms with Crippen LogP contribution in [0.2, 0.25) is 0 Å². The van der Waals surface area contributed by atoms with Gasteiger partial charge in [0, 0.05) is 20.1 Å². The average molecular weight is 344 g/mol. The van der Waals surface area contributed by atoms with Crippen molar-refractivity contribution in [2.45, 2.75) is 17.9 Å². The van der Waals surface area contributed by atoms with Gasteiger partial charge in [0.1, 0.15) is 12.4 Å². The highest BCUT2D eigenvalue weighted by atomic mass is 32.2. The van der Waals surface area contributed by atoms with Crippen LogP contribution in [0, 0.1) is 0 Å². The Morgan fingerprint density at radius 3 is 2.67 bits per heavy atom. The zero-order valence-corrected chi connectivity index (χ0v) is 14.4. The Balaban J connectivity index is 1.68. The van der Waals surface area contributed by atoms with Crippen LogP contribution in [0.1, 0.15) is 11.1 Å². The summed E-state index contributed by atoms with van der Waals surface area (Å²) in [7, 11) is -1.56. The van der Waals surface area contributed by atoms with Gasteiger partial charge in [0.05, 0.1) is 17.1 Å². The summed E-state index contributed by atoms with van der Waals surface area (Å²) in [4.78, 5) is 2.36. The minimum Gasteiger partial charge on any atom is -0.490 e. The number of hydrogen-bond acceptors (Lipinski definition) is 4. The quantitative estimate of drug-likeness (QED) is 0.839. The summed E-state index contributed by atoms with van der Waals surface area (Å²) in [5.74, 6) is 0.742. The van der Waals surface area contributed by atoms with Crippen molar-refractivity contribution < 1.29 is 13.2 Å². The van der Waals surface area contributed by atoms with Crippen LogP contribution in [0.25, 0.3) is 0 Å². The third kappa shape index (κ3) is 2.56. The summed E-state index contributed by atoms with van der Waals surface area (Å²) in [6.45, 7) is 2.33. The first-order chi connectivity index (χ1) is 11.6.